The van der Waals surface area contributed by atoms with Gasteiger partial charge >= 0.3 is 7.60 Å². The highest BCUT2D eigenvalue weighted by Gasteiger charge is 2.37. The number of fused-ring (bicyclic) bond motifs is 1. The number of aryl methyl sites for hydroxylation is 1. The monoisotopic (exact) mass is 607 g/mol. The molecule has 1 aliphatic heterocycles. The molecule has 0 spiro atoms. The third-order valence-corrected chi connectivity index (χ3v) is 9.97. The maximum absolute atomic E-state index is 13.9. The molecule has 1 aliphatic rings. The first-order valence-electron chi connectivity index (χ1n) is 13.9. The maximum atomic E-state index is 13.9. The van der Waals surface area contributed by atoms with Gasteiger partial charge in [0, 0.05) is 24.4 Å². The van der Waals surface area contributed by atoms with Gasteiger partial charge in [-0.3, -0.25) is 14.1 Å². The van der Waals surface area contributed by atoms with Crippen molar-refractivity contribution in [2.75, 3.05) is 6.61 Å². The van der Waals surface area contributed by atoms with Crippen molar-refractivity contribution in [3.63, 3.8) is 0 Å². The van der Waals surface area contributed by atoms with Gasteiger partial charge in [-0.25, -0.2) is 0 Å². The van der Waals surface area contributed by atoms with Crippen LogP contribution in [0.5, 0.6) is 11.8 Å². The summed E-state index contributed by atoms with van der Waals surface area (Å²) < 4.78 is 31.9. The van der Waals surface area contributed by atoms with Crippen molar-refractivity contribution >= 4 is 35.5 Å². The predicted molar refractivity (Wildman–Crippen MR) is 169 cm³/mol. The van der Waals surface area contributed by atoms with Crippen LogP contribution < -0.4 is 10.0 Å². The van der Waals surface area contributed by atoms with Gasteiger partial charge < -0.3 is 14.2 Å². The van der Waals surface area contributed by atoms with E-state index in [0.717, 1.165) is 38.9 Å². The molecule has 0 aliphatic carbocycles. The molecule has 6 aromatic rings. The summed E-state index contributed by atoms with van der Waals surface area (Å²) in [7, 11) is -3.60. The second kappa shape index (κ2) is 11.4. The van der Waals surface area contributed by atoms with Crippen molar-refractivity contribution in [2.24, 2.45) is 0 Å². The number of nitrogens with zero attached hydrogens (tertiary/aromatic N) is 2. The van der Waals surface area contributed by atoms with Crippen molar-refractivity contribution in [3.8, 4) is 34.0 Å². The van der Waals surface area contributed by atoms with Gasteiger partial charge in [0.2, 0.25) is 0 Å². The zero-order chi connectivity index (χ0) is 29.4. The van der Waals surface area contributed by atoms with Crippen LogP contribution in [0, 0.1) is 6.92 Å². The van der Waals surface area contributed by atoms with Gasteiger partial charge in [0.15, 0.2) is 0 Å². The third-order valence-electron chi connectivity index (χ3n) is 7.53. The maximum Gasteiger partial charge on any atom is 0.362 e. The van der Waals surface area contributed by atoms with E-state index >= 15 is 0 Å². The van der Waals surface area contributed by atoms with Crippen LogP contribution in [0.25, 0.3) is 33.3 Å². The Morgan fingerprint density at radius 2 is 1.65 bits per heavy atom. The van der Waals surface area contributed by atoms with E-state index in [2.05, 4.69) is 51.4 Å². The van der Waals surface area contributed by atoms with Gasteiger partial charge in [-0.2, -0.15) is 4.98 Å². The van der Waals surface area contributed by atoms with Crippen molar-refractivity contribution in [2.45, 2.75) is 19.4 Å². The number of aromatic amines is 1. The summed E-state index contributed by atoms with van der Waals surface area (Å²) >= 11 is 6.71. The first-order valence-corrected chi connectivity index (χ1v) is 15.8. The molecule has 214 valence electrons. The lowest BCUT2D eigenvalue weighted by atomic mass is 10.00. The molecule has 7 rings (SSSR count). The average molecular weight is 608 g/mol. The molecule has 9 heteroatoms. The van der Waals surface area contributed by atoms with Crippen LogP contribution in [0.3, 0.4) is 0 Å². The molecule has 2 unspecified atom stereocenters. The lowest BCUT2D eigenvalue weighted by Crippen LogP contribution is -2.22. The summed E-state index contributed by atoms with van der Waals surface area (Å²) in [6.07, 6.45) is 3.65. The molecule has 4 aromatic carbocycles. The van der Waals surface area contributed by atoms with Crippen molar-refractivity contribution in [3.05, 3.63) is 126 Å². The van der Waals surface area contributed by atoms with E-state index < -0.39 is 7.60 Å². The standard InChI is InChI=1S/C34H27ClN3O4P/c1-22-7-12-27(19-33(22)43(39)40-18-15-32(42-43)26-13-16-36-17-14-26)41-34-37-30-20-28(29(35)21-31(30)38-34)25-10-8-24(9-11-25)23-5-3-2-4-6-23/h2-14,16-17,19-21,32H,15,18H2,1H3,(H,37,38). The van der Waals surface area contributed by atoms with Crippen LogP contribution in [-0.2, 0) is 13.6 Å². The SMILES string of the molecule is Cc1ccc(Oc2nc3cc(-c4ccc(-c5ccccc5)cc4)c(Cl)cc3[nH]2)cc1P1(=O)OCCC(c2ccncc2)O1. The average Bonchev–Trinajstić information content (AvgIpc) is 3.43. The van der Waals surface area contributed by atoms with Gasteiger partial charge in [0.05, 0.1) is 34.1 Å². The van der Waals surface area contributed by atoms with Crippen LogP contribution in [0.1, 0.15) is 23.7 Å². The number of benzene rings is 4. The van der Waals surface area contributed by atoms with E-state index in [4.69, 9.17) is 25.4 Å². The Morgan fingerprint density at radius 3 is 2.44 bits per heavy atom. The molecule has 1 fully saturated rings. The van der Waals surface area contributed by atoms with Crippen LogP contribution in [0.4, 0.5) is 0 Å². The Kier molecular flexibility index (Phi) is 7.33. The number of halogens is 1. The second-order valence-electron chi connectivity index (χ2n) is 10.4. The minimum atomic E-state index is -3.60. The van der Waals surface area contributed by atoms with Gasteiger partial charge in [-0.05, 0) is 71.1 Å². The molecule has 1 N–H and O–H groups in total. The van der Waals surface area contributed by atoms with Crippen LogP contribution in [0.2, 0.25) is 5.02 Å². The highest BCUT2D eigenvalue weighted by atomic mass is 35.5. The summed E-state index contributed by atoms with van der Waals surface area (Å²) in [4.78, 5) is 11.9. The van der Waals surface area contributed by atoms with Crippen LogP contribution in [-0.4, -0.2) is 21.6 Å². The number of hydrogen-bond donors (Lipinski definition) is 1. The summed E-state index contributed by atoms with van der Waals surface area (Å²) in [5.41, 5.74) is 7.30. The fraction of sp³-hybridized carbons (Fsp3) is 0.118. The summed E-state index contributed by atoms with van der Waals surface area (Å²) in [6.45, 7) is 2.19. The van der Waals surface area contributed by atoms with Gasteiger partial charge in [0.25, 0.3) is 6.01 Å². The van der Waals surface area contributed by atoms with Crippen molar-refractivity contribution < 1.29 is 18.3 Å². The highest BCUT2D eigenvalue weighted by Crippen LogP contribution is 2.56. The zero-order valence-electron chi connectivity index (χ0n) is 23.2. The first kappa shape index (κ1) is 27.6. The van der Waals surface area contributed by atoms with Gasteiger partial charge in [-0.1, -0.05) is 72.3 Å². The summed E-state index contributed by atoms with van der Waals surface area (Å²) in [6, 6.07) is 31.7. The molecule has 1 saturated heterocycles. The van der Waals surface area contributed by atoms with E-state index in [-0.39, 0.29) is 12.1 Å². The number of rotatable bonds is 6. The Morgan fingerprint density at radius 1 is 0.907 bits per heavy atom. The fourth-order valence-corrected chi connectivity index (χ4v) is 7.56. The Balaban J connectivity index is 1.14. The lowest BCUT2D eigenvalue weighted by Gasteiger charge is -2.31. The Hall–Kier alpha value is -4.26. The largest absolute Gasteiger partial charge is 0.426 e. The number of imidazole rings is 1. The second-order valence-corrected chi connectivity index (χ2v) is 12.7. The number of ether oxygens (including phenoxy) is 1. The van der Waals surface area contributed by atoms with E-state index in [1.165, 1.54) is 0 Å². The van der Waals surface area contributed by atoms with Crippen LogP contribution >= 0.6 is 19.2 Å². The predicted octanol–water partition coefficient (Wildman–Crippen LogP) is 9.04. The molecule has 3 heterocycles. The quantitative estimate of drug-likeness (QED) is 0.190. The Labute approximate surface area is 254 Å². The molecule has 0 amide bonds. The smallest absolute Gasteiger partial charge is 0.362 e. The number of hydrogen-bond acceptors (Lipinski definition) is 6. The number of H-pyrrole nitrogens is 1. The minimum absolute atomic E-state index is 0.288. The normalized spacial score (nSPS) is 18.5. The summed E-state index contributed by atoms with van der Waals surface area (Å²) in [5.74, 6) is 0.455. The molecule has 0 bridgehead atoms. The molecule has 2 aromatic heterocycles. The summed E-state index contributed by atoms with van der Waals surface area (Å²) in [5, 5.41) is 1.06. The molecular weight excluding hydrogens is 581 g/mol. The molecule has 0 radical (unpaired) electrons. The van der Waals surface area contributed by atoms with E-state index in [1.807, 2.05) is 55.5 Å². The first-order chi connectivity index (χ1) is 20.9. The molecular formula is C34H27ClN3O4P. The lowest BCUT2D eigenvalue weighted by molar-refractivity contribution is 0.0874. The number of pyridine rings is 1. The van der Waals surface area contributed by atoms with Gasteiger partial charge in [-0.15, -0.1) is 0 Å². The van der Waals surface area contributed by atoms with Crippen molar-refractivity contribution in [1.29, 1.82) is 0 Å². The molecule has 0 saturated carbocycles. The minimum Gasteiger partial charge on any atom is -0.426 e. The Bertz CT molecular complexity index is 1960. The molecule has 43 heavy (non-hydrogen) atoms. The van der Waals surface area contributed by atoms with E-state index in [9.17, 15) is 4.57 Å². The topological polar surface area (TPSA) is 86.3 Å². The number of aromatic nitrogens is 3. The van der Waals surface area contributed by atoms with Gasteiger partial charge in [0.1, 0.15) is 5.75 Å². The van der Waals surface area contributed by atoms with E-state index in [1.54, 1.807) is 24.5 Å². The molecule has 7 nitrogen and oxygen atoms in total. The third kappa shape index (κ3) is 5.61. The number of nitrogens with one attached hydrogen (secondary N) is 1. The molecule has 2 atom stereocenters. The fourth-order valence-electron chi connectivity index (χ4n) is 5.27. The highest BCUT2D eigenvalue weighted by molar-refractivity contribution is 7.62. The zero-order valence-corrected chi connectivity index (χ0v) is 24.9. The van der Waals surface area contributed by atoms with E-state index in [0.29, 0.717) is 34.6 Å². The van der Waals surface area contributed by atoms with Crippen LogP contribution in [0.15, 0.2) is 109 Å². The van der Waals surface area contributed by atoms with Crippen molar-refractivity contribution in [1.82, 2.24) is 15.0 Å².